The molecular formula is C14H7BrClF3N2. The van der Waals surface area contributed by atoms with E-state index in [9.17, 15) is 13.2 Å². The molecule has 3 rings (SSSR count). The highest BCUT2D eigenvalue weighted by atomic mass is 79.9. The average Bonchev–Trinajstić information content (AvgIpc) is 2.77. The van der Waals surface area contributed by atoms with E-state index in [4.69, 9.17) is 11.6 Å². The molecular weight excluding hydrogens is 369 g/mol. The van der Waals surface area contributed by atoms with Gasteiger partial charge in [0.1, 0.15) is 23.3 Å². The maximum Gasteiger partial charge on any atom is 0.150 e. The zero-order valence-corrected chi connectivity index (χ0v) is 12.7. The van der Waals surface area contributed by atoms with E-state index in [1.54, 1.807) is 0 Å². The van der Waals surface area contributed by atoms with Crippen LogP contribution in [-0.2, 0) is 5.88 Å². The van der Waals surface area contributed by atoms with Gasteiger partial charge < -0.3 is 0 Å². The van der Waals surface area contributed by atoms with Crippen LogP contribution in [0.4, 0.5) is 13.2 Å². The Balaban J connectivity index is 2.37. The number of aromatic nitrogens is 2. The van der Waals surface area contributed by atoms with Crippen LogP contribution in [0.5, 0.6) is 0 Å². The summed E-state index contributed by atoms with van der Waals surface area (Å²) < 4.78 is 42.3. The Bertz CT molecular complexity index is 848. The van der Waals surface area contributed by atoms with Crippen LogP contribution < -0.4 is 0 Å². The maximum absolute atomic E-state index is 14.0. The van der Waals surface area contributed by atoms with E-state index in [-0.39, 0.29) is 16.0 Å². The number of rotatable bonds is 2. The number of hydrogen-bond acceptors (Lipinski definition) is 1. The fraction of sp³-hybridized carbons (Fsp3) is 0.0714. The number of benzene rings is 2. The first-order valence-corrected chi connectivity index (χ1v) is 7.22. The van der Waals surface area contributed by atoms with Crippen molar-refractivity contribution in [1.82, 2.24) is 9.55 Å². The summed E-state index contributed by atoms with van der Waals surface area (Å²) in [5.74, 6) is -1.56. The third-order valence-electron chi connectivity index (χ3n) is 3.04. The summed E-state index contributed by atoms with van der Waals surface area (Å²) in [6.45, 7) is 0. The molecule has 7 heteroatoms. The first-order chi connectivity index (χ1) is 10.0. The summed E-state index contributed by atoms with van der Waals surface area (Å²) >= 11 is 8.91. The van der Waals surface area contributed by atoms with E-state index in [2.05, 4.69) is 20.9 Å². The smallest absolute Gasteiger partial charge is 0.150 e. The first-order valence-electron chi connectivity index (χ1n) is 5.89. The van der Waals surface area contributed by atoms with Crippen molar-refractivity contribution in [3.05, 3.63) is 58.1 Å². The van der Waals surface area contributed by atoms with Crippen LogP contribution >= 0.6 is 27.5 Å². The SMILES string of the molecule is Fc1ccc(-n2c(CCl)nc3cc(F)c(Br)cc32)c(F)c1. The standard InChI is InChI=1S/C14H7BrClF3N2/c15-8-4-13-11(5-9(8)18)20-14(6-16)21(13)12-2-1-7(17)3-10(12)19/h1-5H,6H2. The average molecular weight is 376 g/mol. The molecule has 0 aliphatic carbocycles. The van der Waals surface area contributed by atoms with Crippen molar-refractivity contribution in [2.24, 2.45) is 0 Å². The Hall–Kier alpha value is -1.53. The molecule has 108 valence electrons. The van der Waals surface area contributed by atoms with Gasteiger partial charge in [0, 0.05) is 12.1 Å². The molecule has 21 heavy (non-hydrogen) atoms. The molecule has 0 aliphatic heterocycles. The lowest BCUT2D eigenvalue weighted by Gasteiger charge is -2.09. The molecule has 0 bridgehead atoms. The summed E-state index contributed by atoms with van der Waals surface area (Å²) in [7, 11) is 0. The summed E-state index contributed by atoms with van der Waals surface area (Å²) in [5.41, 5.74) is 0.924. The van der Waals surface area contributed by atoms with Crippen LogP contribution in [0, 0.1) is 17.5 Å². The zero-order valence-electron chi connectivity index (χ0n) is 10.4. The molecule has 0 unspecified atom stereocenters. The molecule has 2 nitrogen and oxygen atoms in total. The second-order valence-corrected chi connectivity index (χ2v) is 5.47. The number of imidazole rings is 1. The van der Waals surface area contributed by atoms with Gasteiger partial charge in [-0.1, -0.05) is 0 Å². The Morgan fingerprint density at radius 1 is 1.10 bits per heavy atom. The molecule has 0 spiro atoms. The normalized spacial score (nSPS) is 11.3. The second-order valence-electron chi connectivity index (χ2n) is 4.35. The maximum atomic E-state index is 14.0. The largest absolute Gasteiger partial charge is 0.292 e. The van der Waals surface area contributed by atoms with Gasteiger partial charge in [-0.3, -0.25) is 4.57 Å². The van der Waals surface area contributed by atoms with Crippen molar-refractivity contribution in [2.45, 2.75) is 5.88 Å². The predicted molar refractivity (Wildman–Crippen MR) is 78.2 cm³/mol. The molecule has 0 aliphatic rings. The lowest BCUT2D eigenvalue weighted by atomic mass is 10.2. The van der Waals surface area contributed by atoms with Crippen LogP contribution in [0.3, 0.4) is 0 Å². The highest BCUT2D eigenvalue weighted by molar-refractivity contribution is 9.10. The molecule has 0 N–H and O–H groups in total. The molecule has 0 atom stereocenters. The lowest BCUT2D eigenvalue weighted by molar-refractivity contribution is 0.577. The third kappa shape index (κ3) is 2.42. The van der Waals surface area contributed by atoms with Crippen molar-refractivity contribution in [3.63, 3.8) is 0 Å². The number of hydrogen-bond donors (Lipinski definition) is 0. The van der Waals surface area contributed by atoms with Gasteiger partial charge in [-0.25, -0.2) is 18.2 Å². The van der Waals surface area contributed by atoms with Gasteiger partial charge >= 0.3 is 0 Å². The van der Waals surface area contributed by atoms with Crippen molar-refractivity contribution in [3.8, 4) is 5.69 Å². The number of fused-ring (bicyclic) bond motifs is 1. The predicted octanol–water partition coefficient (Wildman–Crippen LogP) is 4.94. The van der Waals surface area contributed by atoms with Crippen LogP contribution in [0.15, 0.2) is 34.8 Å². The van der Waals surface area contributed by atoms with Gasteiger partial charge in [-0.15, -0.1) is 11.6 Å². The molecule has 0 saturated heterocycles. The van der Waals surface area contributed by atoms with Crippen molar-refractivity contribution in [1.29, 1.82) is 0 Å². The number of nitrogens with zero attached hydrogens (tertiary/aromatic N) is 2. The van der Waals surface area contributed by atoms with Crippen molar-refractivity contribution >= 4 is 38.6 Å². The molecule has 1 heterocycles. The van der Waals surface area contributed by atoms with E-state index in [1.807, 2.05) is 0 Å². The Kier molecular flexibility index (Phi) is 3.67. The summed E-state index contributed by atoms with van der Waals surface area (Å²) in [6, 6.07) is 5.92. The Labute approximate surface area is 131 Å². The Morgan fingerprint density at radius 2 is 1.86 bits per heavy atom. The number of alkyl halides is 1. The summed E-state index contributed by atoms with van der Waals surface area (Å²) in [6.07, 6.45) is 0. The zero-order chi connectivity index (χ0) is 15.1. The van der Waals surface area contributed by atoms with Gasteiger partial charge in [0.2, 0.25) is 0 Å². The minimum absolute atomic E-state index is 0.00470. The van der Waals surface area contributed by atoms with Gasteiger partial charge in [-0.05, 0) is 34.1 Å². The summed E-state index contributed by atoms with van der Waals surface area (Å²) in [5, 5.41) is 0. The fourth-order valence-electron chi connectivity index (χ4n) is 2.14. The molecule has 0 radical (unpaired) electrons. The topological polar surface area (TPSA) is 17.8 Å². The second kappa shape index (κ2) is 5.35. The minimum Gasteiger partial charge on any atom is -0.292 e. The van der Waals surface area contributed by atoms with Gasteiger partial charge in [-0.2, -0.15) is 0 Å². The van der Waals surface area contributed by atoms with E-state index in [0.29, 0.717) is 16.9 Å². The molecule has 0 saturated carbocycles. The quantitative estimate of drug-likeness (QED) is 0.580. The molecule has 1 aromatic heterocycles. The number of halogens is 5. The van der Waals surface area contributed by atoms with E-state index < -0.39 is 17.5 Å². The highest BCUT2D eigenvalue weighted by Crippen LogP contribution is 2.28. The highest BCUT2D eigenvalue weighted by Gasteiger charge is 2.17. The molecule has 3 aromatic rings. The van der Waals surface area contributed by atoms with E-state index in [0.717, 1.165) is 12.1 Å². The fourth-order valence-corrected chi connectivity index (χ4v) is 2.65. The van der Waals surface area contributed by atoms with Crippen LogP contribution in [0.2, 0.25) is 0 Å². The minimum atomic E-state index is -0.749. The van der Waals surface area contributed by atoms with Crippen molar-refractivity contribution in [2.75, 3.05) is 0 Å². The van der Waals surface area contributed by atoms with E-state index in [1.165, 1.54) is 22.8 Å². The van der Waals surface area contributed by atoms with Crippen molar-refractivity contribution < 1.29 is 13.2 Å². The van der Waals surface area contributed by atoms with Crippen LogP contribution in [0.25, 0.3) is 16.7 Å². The lowest BCUT2D eigenvalue weighted by Crippen LogP contribution is -2.02. The first kappa shape index (κ1) is 14.4. The molecule has 0 amide bonds. The van der Waals surface area contributed by atoms with Gasteiger partial charge in [0.15, 0.2) is 0 Å². The molecule has 0 fully saturated rings. The van der Waals surface area contributed by atoms with Gasteiger partial charge in [0.25, 0.3) is 0 Å². The summed E-state index contributed by atoms with van der Waals surface area (Å²) in [4.78, 5) is 4.18. The van der Waals surface area contributed by atoms with Gasteiger partial charge in [0.05, 0.1) is 27.1 Å². The van der Waals surface area contributed by atoms with Crippen LogP contribution in [0.1, 0.15) is 5.82 Å². The third-order valence-corrected chi connectivity index (χ3v) is 3.88. The Morgan fingerprint density at radius 3 is 2.52 bits per heavy atom. The molecule has 2 aromatic carbocycles. The van der Waals surface area contributed by atoms with E-state index >= 15 is 0 Å². The van der Waals surface area contributed by atoms with Crippen LogP contribution in [-0.4, -0.2) is 9.55 Å². The monoisotopic (exact) mass is 374 g/mol.